The molecule has 7 nitrogen and oxygen atoms in total. The Balaban J connectivity index is 1.52. The minimum atomic E-state index is -0.322. The summed E-state index contributed by atoms with van der Waals surface area (Å²) in [6.07, 6.45) is 5.17. The first-order valence-corrected chi connectivity index (χ1v) is 9.63. The van der Waals surface area contributed by atoms with Crippen LogP contribution in [0.2, 0.25) is 0 Å². The van der Waals surface area contributed by atoms with Crippen LogP contribution in [0.4, 0.5) is 4.39 Å². The molecule has 8 heteroatoms. The van der Waals surface area contributed by atoms with Crippen LogP contribution >= 0.6 is 0 Å². The first-order chi connectivity index (χ1) is 15.3. The Labute approximate surface area is 175 Å². The van der Waals surface area contributed by atoms with Crippen molar-refractivity contribution in [1.29, 1.82) is 0 Å². The van der Waals surface area contributed by atoms with Crippen LogP contribution in [0, 0.1) is 5.82 Å². The number of nitrogens with zero attached hydrogens (tertiary/aromatic N) is 5. The number of fused-ring (bicyclic) bond motifs is 2. The summed E-state index contributed by atoms with van der Waals surface area (Å²) in [5.41, 5.74) is 6.48. The summed E-state index contributed by atoms with van der Waals surface area (Å²) in [6.45, 7) is 0. The molecule has 5 heterocycles. The van der Waals surface area contributed by atoms with Gasteiger partial charge in [0.15, 0.2) is 11.5 Å². The quantitative estimate of drug-likeness (QED) is 0.441. The van der Waals surface area contributed by atoms with Crippen molar-refractivity contribution in [3.05, 3.63) is 79.0 Å². The summed E-state index contributed by atoms with van der Waals surface area (Å²) in [6, 6.07) is 15.8. The average molecular weight is 407 g/mol. The number of hydrogen-bond donors (Lipinski definition) is 2. The molecule has 0 fully saturated rings. The topological polar surface area (TPSA) is 96.0 Å². The van der Waals surface area contributed by atoms with Crippen LogP contribution in [-0.4, -0.2) is 35.1 Å². The number of imidazole rings is 1. The molecule has 2 N–H and O–H groups in total. The second-order valence-electron chi connectivity index (χ2n) is 7.06. The van der Waals surface area contributed by atoms with Gasteiger partial charge in [-0.2, -0.15) is 5.10 Å². The molecule has 6 aromatic rings. The van der Waals surface area contributed by atoms with E-state index >= 15 is 0 Å². The number of aromatic amines is 2. The van der Waals surface area contributed by atoms with Gasteiger partial charge in [0, 0.05) is 29.7 Å². The molecule has 0 unspecified atom stereocenters. The van der Waals surface area contributed by atoms with Crippen LogP contribution in [0.5, 0.6) is 0 Å². The monoisotopic (exact) mass is 407 g/mol. The summed E-state index contributed by atoms with van der Waals surface area (Å²) in [5.74, 6) is 0.236. The molecule has 0 saturated heterocycles. The number of halogens is 1. The highest BCUT2D eigenvalue weighted by Crippen LogP contribution is 2.30. The molecule has 148 valence electrons. The van der Waals surface area contributed by atoms with E-state index in [0.29, 0.717) is 33.8 Å². The lowest BCUT2D eigenvalue weighted by Crippen LogP contribution is -1.88. The fraction of sp³-hybridized carbons (Fsp3) is 0. The second-order valence-corrected chi connectivity index (χ2v) is 7.06. The summed E-state index contributed by atoms with van der Waals surface area (Å²) >= 11 is 0. The number of hydrogen-bond acceptors (Lipinski definition) is 5. The van der Waals surface area contributed by atoms with Crippen LogP contribution in [-0.2, 0) is 0 Å². The normalized spacial score (nSPS) is 11.4. The van der Waals surface area contributed by atoms with E-state index in [1.807, 2.05) is 36.4 Å². The molecular formula is C23H14FN7. The van der Waals surface area contributed by atoms with Gasteiger partial charge in [-0.05, 0) is 42.5 Å². The highest BCUT2D eigenvalue weighted by Gasteiger charge is 2.17. The largest absolute Gasteiger partial charge is 0.336 e. The number of nitrogens with one attached hydrogen (secondary N) is 2. The van der Waals surface area contributed by atoms with E-state index in [4.69, 9.17) is 9.97 Å². The van der Waals surface area contributed by atoms with Crippen molar-refractivity contribution in [3.8, 4) is 34.0 Å². The molecule has 0 radical (unpaired) electrons. The van der Waals surface area contributed by atoms with Crippen LogP contribution in [0.3, 0.4) is 0 Å². The van der Waals surface area contributed by atoms with E-state index in [0.717, 1.165) is 22.3 Å². The lowest BCUT2D eigenvalue weighted by Gasteiger charge is -2.01. The number of aromatic nitrogens is 7. The molecular weight excluding hydrogens is 393 g/mol. The minimum absolute atomic E-state index is 0.322. The van der Waals surface area contributed by atoms with Crippen molar-refractivity contribution in [2.75, 3.05) is 0 Å². The summed E-state index contributed by atoms with van der Waals surface area (Å²) in [7, 11) is 0. The van der Waals surface area contributed by atoms with E-state index in [-0.39, 0.29) is 5.82 Å². The molecule has 0 aliphatic heterocycles. The van der Waals surface area contributed by atoms with Crippen molar-refractivity contribution >= 4 is 22.1 Å². The van der Waals surface area contributed by atoms with Crippen molar-refractivity contribution in [2.45, 2.75) is 0 Å². The molecule has 0 amide bonds. The van der Waals surface area contributed by atoms with Gasteiger partial charge in [-0.3, -0.25) is 15.1 Å². The highest BCUT2D eigenvalue weighted by atomic mass is 19.1. The van der Waals surface area contributed by atoms with Crippen molar-refractivity contribution in [3.63, 3.8) is 0 Å². The van der Waals surface area contributed by atoms with Gasteiger partial charge in [0.2, 0.25) is 0 Å². The Kier molecular flexibility index (Phi) is 3.82. The Morgan fingerprint density at radius 3 is 2.55 bits per heavy atom. The van der Waals surface area contributed by atoms with Gasteiger partial charge in [0.05, 0.1) is 22.4 Å². The SMILES string of the molecule is Fc1cccc(-c2nccc3[nH]c(-c4n[nH]c5ccc(-c6cccnc6)nc45)nc23)c1. The zero-order valence-corrected chi connectivity index (χ0v) is 16.0. The highest BCUT2D eigenvalue weighted by molar-refractivity contribution is 5.95. The van der Waals surface area contributed by atoms with Crippen LogP contribution < -0.4 is 0 Å². The lowest BCUT2D eigenvalue weighted by atomic mass is 10.1. The molecule has 0 bridgehead atoms. The molecule has 0 aliphatic rings. The van der Waals surface area contributed by atoms with E-state index in [2.05, 4.69) is 25.1 Å². The molecule has 31 heavy (non-hydrogen) atoms. The average Bonchev–Trinajstić information content (AvgIpc) is 3.43. The van der Waals surface area contributed by atoms with E-state index in [9.17, 15) is 4.39 Å². The van der Waals surface area contributed by atoms with Gasteiger partial charge < -0.3 is 4.98 Å². The third kappa shape index (κ3) is 2.93. The molecule has 0 atom stereocenters. The third-order valence-electron chi connectivity index (χ3n) is 5.09. The van der Waals surface area contributed by atoms with Gasteiger partial charge in [-0.15, -0.1) is 0 Å². The maximum atomic E-state index is 13.8. The second kappa shape index (κ2) is 6.81. The van der Waals surface area contributed by atoms with Gasteiger partial charge >= 0.3 is 0 Å². The van der Waals surface area contributed by atoms with Crippen molar-refractivity contribution < 1.29 is 4.39 Å². The lowest BCUT2D eigenvalue weighted by molar-refractivity contribution is 0.628. The minimum Gasteiger partial charge on any atom is -0.336 e. The number of H-pyrrole nitrogens is 2. The zero-order chi connectivity index (χ0) is 20.8. The maximum absolute atomic E-state index is 13.8. The van der Waals surface area contributed by atoms with Crippen molar-refractivity contribution in [1.82, 2.24) is 35.1 Å². The Hall–Kier alpha value is -4.46. The zero-order valence-electron chi connectivity index (χ0n) is 16.0. The van der Waals surface area contributed by atoms with Crippen LogP contribution in [0.15, 0.2) is 73.2 Å². The molecule has 0 aliphatic carbocycles. The molecule has 6 rings (SSSR count). The fourth-order valence-corrected chi connectivity index (χ4v) is 3.63. The fourth-order valence-electron chi connectivity index (χ4n) is 3.63. The summed E-state index contributed by atoms with van der Waals surface area (Å²) < 4.78 is 13.8. The molecule has 0 spiro atoms. The first kappa shape index (κ1) is 17.4. The Morgan fingerprint density at radius 1 is 0.774 bits per heavy atom. The van der Waals surface area contributed by atoms with Crippen LogP contribution in [0.1, 0.15) is 0 Å². The van der Waals surface area contributed by atoms with Crippen LogP contribution in [0.25, 0.3) is 56.1 Å². The van der Waals surface area contributed by atoms with Crippen molar-refractivity contribution in [2.24, 2.45) is 0 Å². The van der Waals surface area contributed by atoms with E-state index in [1.165, 1.54) is 12.1 Å². The number of pyridine rings is 3. The Bertz CT molecular complexity index is 1550. The smallest absolute Gasteiger partial charge is 0.161 e. The summed E-state index contributed by atoms with van der Waals surface area (Å²) in [5, 5.41) is 7.44. The van der Waals surface area contributed by atoms with Gasteiger partial charge in [-0.25, -0.2) is 14.4 Å². The third-order valence-corrected chi connectivity index (χ3v) is 5.09. The van der Waals surface area contributed by atoms with Gasteiger partial charge in [-0.1, -0.05) is 12.1 Å². The number of benzene rings is 1. The summed E-state index contributed by atoms with van der Waals surface area (Å²) in [4.78, 5) is 21.4. The van der Waals surface area contributed by atoms with E-state index < -0.39 is 0 Å². The maximum Gasteiger partial charge on any atom is 0.161 e. The predicted octanol–water partition coefficient (Wildman–Crippen LogP) is 4.76. The van der Waals surface area contributed by atoms with E-state index in [1.54, 1.807) is 24.7 Å². The molecule has 1 aromatic carbocycles. The van der Waals surface area contributed by atoms with Gasteiger partial charge in [0.25, 0.3) is 0 Å². The molecule has 5 aromatic heterocycles. The number of rotatable bonds is 3. The molecule has 0 saturated carbocycles. The first-order valence-electron chi connectivity index (χ1n) is 9.63. The standard InChI is InChI=1S/C23H14FN7/c24-15-5-1-3-13(11-15)19-20-17(8-10-26-19)28-23(29-20)22-21-18(30-31-22)7-6-16(27-21)14-4-2-9-25-12-14/h1-12H,(H,28,29)(H,30,31). The predicted molar refractivity (Wildman–Crippen MR) is 115 cm³/mol. The van der Waals surface area contributed by atoms with Gasteiger partial charge in [0.1, 0.15) is 16.9 Å². The Morgan fingerprint density at radius 2 is 1.68 bits per heavy atom.